The molecule has 0 radical (unpaired) electrons. The highest BCUT2D eigenvalue weighted by Crippen LogP contribution is 2.29. The molecular weight excluding hydrogens is 422 g/mol. The van der Waals surface area contributed by atoms with E-state index < -0.39 is 35.8 Å². The van der Waals surface area contributed by atoms with Crippen LogP contribution >= 0.6 is 0 Å². The normalized spacial score (nSPS) is 22.9. The van der Waals surface area contributed by atoms with E-state index in [1.54, 1.807) is 0 Å². The van der Waals surface area contributed by atoms with Crippen molar-refractivity contribution in [3.63, 3.8) is 0 Å². The maximum absolute atomic E-state index is 12.1. The van der Waals surface area contributed by atoms with Gasteiger partial charge in [0.25, 0.3) is 5.56 Å². The zero-order valence-electron chi connectivity index (χ0n) is 20.6. The van der Waals surface area contributed by atoms with Crippen LogP contribution in [0.3, 0.4) is 0 Å². The molecule has 0 amide bonds. The summed E-state index contributed by atoms with van der Waals surface area (Å²) < 4.78 is 7.08. The average Bonchev–Trinajstić information content (AvgIpc) is 3.06. The highest BCUT2D eigenvalue weighted by Gasteiger charge is 2.44. The zero-order valence-corrected chi connectivity index (χ0v) is 20.6. The summed E-state index contributed by atoms with van der Waals surface area (Å²) in [5.74, 6) is 0. The van der Waals surface area contributed by atoms with Crippen LogP contribution in [-0.4, -0.2) is 62.6 Å². The van der Waals surface area contributed by atoms with Gasteiger partial charge in [0.1, 0.15) is 18.3 Å². The molecule has 1 aliphatic rings. The number of rotatable bonds is 17. The number of aliphatic hydroxyl groups excluding tert-OH is 2. The standard InChI is InChI=1S/C25H45N3O5/c1-3-5-7-9-11-13-16-27(17-14-12-10-8-6-4-2)19-20-22(30)23(31)24(33-20)28-18-15-21(29)26-25(28)32/h15,18,20,22-24,30-31H,3-14,16-17,19H2,1-2H3,(H,26,29,32)/t20-,22-,23-,24-/m1/s1. The Bertz CT molecular complexity index is 749. The first-order valence-electron chi connectivity index (χ1n) is 13.0. The van der Waals surface area contributed by atoms with Crippen molar-refractivity contribution in [3.8, 4) is 0 Å². The molecule has 2 heterocycles. The van der Waals surface area contributed by atoms with E-state index in [9.17, 15) is 19.8 Å². The number of hydrogen-bond donors (Lipinski definition) is 3. The van der Waals surface area contributed by atoms with Gasteiger partial charge in [-0.3, -0.25) is 14.3 Å². The Hall–Kier alpha value is -1.48. The van der Waals surface area contributed by atoms with Crippen molar-refractivity contribution in [2.75, 3.05) is 19.6 Å². The average molecular weight is 468 g/mol. The quantitative estimate of drug-likeness (QED) is 0.304. The van der Waals surface area contributed by atoms with Crippen LogP contribution in [-0.2, 0) is 4.74 Å². The predicted octanol–water partition coefficient (Wildman–Crippen LogP) is 3.18. The van der Waals surface area contributed by atoms with Crippen LogP contribution in [0.15, 0.2) is 21.9 Å². The van der Waals surface area contributed by atoms with Crippen molar-refractivity contribution >= 4 is 0 Å². The Morgan fingerprint density at radius 1 is 0.879 bits per heavy atom. The van der Waals surface area contributed by atoms with Gasteiger partial charge in [0.05, 0.1) is 0 Å². The van der Waals surface area contributed by atoms with E-state index in [4.69, 9.17) is 4.74 Å². The minimum absolute atomic E-state index is 0.509. The first-order chi connectivity index (χ1) is 16.0. The molecule has 0 saturated carbocycles. The molecule has 1 fully saturated rings. The number of nitrogens with zero attached hydrogens (tertiary/aromatic N) is 2. The molecular formula is C25H45N3O5. The lowest BCUT2D eigenvalue weighted by Gasteiger charge is -2.27. The maximum Gasteiger partial charge on any atom is 0.330 e. The van der Waals surface area contributed by atoms with Crippen LogP contribution in [0.1, 0.15) is 97.1 Å². The number of nitrogens with one attached hydrogen (secondary N) is 1. The van der Waals surface area contributed by atoms with Gasteiger partial charge in [0, 0.05) is 18.8 Å². The van der Waals surface area contributed by atoms with Crippen molar-refractivity contribution in [1.29, 1.82) is 0 Å². The van der Waals surface area contributed by atoms with Crippen molar-refractivity contribution in [1.82, 2.24) is 14.5 Å². The Morgan fingerprint density at radius 3 is 1.97 bits per heavy atom. The van der Waals surface area contributed by atoms with Gasteiger partial charge in [-0.15, -0.1) is 0 Å². The molecule has 0 aromatic carbocycles. The summed E-state index contributed by atoms with van der Waals surface area (Å²) in [5.41, 5.74) is -1.17. The van der Waals surface area contributed by atoms with Gasteiger partial charge in [0.2, 0.25) is 0 Å². The van der Waals surface area contributed by atoms with Crippen LogP contribution < -0.4 is 11.2 Å². The van der Waals surface area contributed by atoms with E-state index in [1.165, 1.54) is 76.5 Å². The van der Waals surface area contributed by atoms with Gasteiger partial charge >= 0.3 is 5.69 Å². The van der Waals surface area contributed by atoms with Crippen LogP contribution in [0, 0.1) is 0 Å². The first-order valence-corrected chi connectivity index (χ1v) is 13.0. The third-order valence-corrected chi connectivity index (χ3v) is 6.56. The summed E-state index contributed by atoms with van der Waals surface area (Å²) >= 11 is 0. The van der Waals surface area contributed by atoms with Gasteiger partial charge in [0.15, 0.2) is 6.23 Å². The molecule has 3 N–H and O–H groups in total. The highest BCUT2D eigenvalue weighted by atomic mass is 16.6. The van der Waals surface area contributed by atoms with Crippen molar-refractivity contribution in [3.05, 3.63) is 33.1 Å². The summed E-state index contributed by atoms with van der Waals surface area (Å²) in [6, 6.07) is 1.21. The minimum Gasteiger partial charge on any atom is -0.387 e. The molecule has 1 saturated heterocycles. The summed E-state index contributed by atoms with van der Waals surface area (Å²) in [5, 5.41) is 21.2. The van der Waals surface area contributed by atoms with E-state index in [1.807, 2.05) is 0 Å². The highest BCUT2D eigenvalue weighted by molar-refractivity contribution is 4.94. The smallest absolute Gasteiger partial charge is 0.330 e. The van der Waals surface area contributed by atoms with Crippen molar-refractivity contribution in [2.24, 2.45) is 0 Å². The Labute approximate surface area is 198 Å². The number of aliphatic hydroxyl groups is 2. The predicted molar refractivity (Wildman–Crippen MR) is 130 cm³/mol. The molecule has 0 bridgehead atoms. The largest absolute Gasteiger partial charge is 0.387 e. The Balaban J connectivity index is 1.92. The lowest BCUT2D eigenvalue weighted by molar-refractivity contribution is -0.0486. The monoisotopic (exact) mass is 467 g/mol. The van der Waals surface area contributed by atoms with E-state index in [-0.39, 0.29) is 0 Å². The van der Waals surface area contributed by atoms with E-state index in [0.717, 1.165) is 30.5 Å². The second kappa shape index (κ2) is 15.4. The van der Waals surface area contributed by atoms with E-state index in [0.29, 0.717) is 6.54 Å². The van der Waals surface area contributed by atoms with Crippen LogP contribution in [0.25, 0.3) is 0 Å². The lowest BCUT2D eigenvalue weighted by atomic mass is 10.1. The number of hydrogen-bond acceptors (Lipinski definition) is 6. The van der Waals surface area contributed by atoms with Gasteiger partial charge in [-0.1, -0.05) is 78.1 Å². The molecule has 33 heavy (non-hydrogen) atoms. The number of unbranched alkanes of at least 4 members (excludes halogenated alkanes) is 10. The summed E-state index contributed by atoms with van der Waals surface area (Å²) in [4.78, 5) is 28.0. The number of aromatic amines is 1. The molecule has 1 aromatic heterocycles. The Morgan fingerprint density at radius 2 is 1.42 bits per heavy atom. The fraction of sp³-hybridized carbons (Fsp3) is 0.840. The Kier molecular flexibility index (Phi) is 13.0. The molecule has 1 aliphatic heterocycles. The number of ether oxygens (including phenoxy) is 1. The third kappa shape index (κ3) is 9.35. The zero-order chi connectivity index (χ0) is 24.1. The molecule has 0 spiro atoms. The maximum atomic E-state index is 12.1. The molecule has 8 nitrogen and oxygen atoms in total. The van der Waals surface area contributed by atoms with Gasteiger partial charge < -0.3 is 19.8 Å². The van der Waals surface area contributed by atoms with E-state index in [2.05, 4.69) is 23.7 Å². The van der Waals surface area contributed by atoms with Gasteiger partial charge in [-0.25, -0.2) is 4.79 Å². The van der Waals surface area contributed by atoms with Crippen LogP contribution in [0.4, 0.5) is 0 Å². The fourth-order valence-electron chi connectivity index (χ4n) is 4.52. The molecule has 1 aromatic rings. The molecule has 4 atom stereocenters. The second-order valence-electron chi connectivity index (χ2n) is 9.40. The van der Waals surface area contributed by atoms with Gasteiger partial charge in [-0.2, -0.15) is 0 Å². The molecule has 8 heteroatoms. The summed E-state index contributed by atoms with van der Waals surface area (Å²) in [6.45, 7) is 6.83. The van der Waals surface area contributed by atoms with Gasteiger partial charge in [-0.05, 0) is 25.9 Å². The summed E-state index contributed by atoms with van der Waals surface area (Å²) in [6.07, 6.45) is 12.1. The lowest BCUT2D eigenvalue weighted by Crippen LogP contribution is -2.41. The van der Waals surface area contributed by atoms with Crippen molar-refractivity contribution in [2.45, 2.75) is 115 Å². The van der Waals surface area contributed by atoms with Crippen LogP contribution in [0.5, 0.6) is 0 Å². The van der Waals surface area contributed by atoms with E-state index >= 15 is 0 Å². The number of H-pyrrole nitrogens is 1. The topological polar surface area (TPSA) is 108 Å². The van der Waals surface area contributed by atoms with Crippen LogP contribution in [0.2, 0.25) is 0 Å². The van der Waals surface area contributed by atoms with Crippen molar-refractivity contribution < 1.29 is 14.9 Å². The third-order valence-electron chi connectivity index (χ3n) is 6.56. The first kappa shape index (κ1) is 27.8. The SMILES string of the molecule is CCCCCCCCN(CCCCCCCC)C[C@H]1O[C@@H](n2ccc(=O)[nH]c2=O)[C@H](O)[C@@H]1O. The molecule has 0 aliphatic carbocycles. The minimum atomic E-state index is -1.23. The molecule has 0 unspecified atom stereocenters. The molecule has 190 valence electrons. The summed E-state index contributed by atoms with van der Waals surface area (Å²) in [7, 11) is 0. The number of aromatic nitrogens is 2. The second-order valence-corrected chi connectivity index (χ2v) is 9.40. The fourth-order valence-corrected chi connectivity index (χ4v) is 4.52. The molecule has 2 rings (SSSR count).